The molecule has 0 bridgehead atoms. The standard InChI is InChI=1S/C22H21N5O/c1-14-4-6-17(7-5-14)24-21-20-16(9-11-27(3)22(20)28)13-19(26-21)25-18-12-15(2)8-10-23-18/h4-13H,1-3H3,(H2,23,24,25,26). The topological polar surface area (TPSA) is 71.8 Å². The molecule has 0 aliphatic rings. The molecular weight excluding hydrogens is 350 g/mol. The molecule has 2 N–H and O–H groups in total. The normalized spacial score (nSPS) is 10.8. The Balaban J connectivity index is 1.83. The fraction of sp³-hybridized carbons (Fsp3) is 0.136. The van der Waals surface area contributed by atoms with Crippen molar-refractivity contribution in [2.75, 3.05) is 10.6 Å². The zero-order valence-corrected chi connectivity index (χ0v) is 16.0. The largest absolute Gasteiger partial charge is 0.339 e. The van der Waals surface area contributed by atoms with E-state index in [-0.39, 0.29) is 5.56 Å². The van der Waals surface area contributed by atoms with E-state index < -0.39 is 0 Å². The Morgan fingerprint density at radius 1 is 0.893 bits per heavy atom. The highest BCUT2D eigenvalue weighted by Gasteiger charge is 2.12. The lowest BCUT2D eigenvalue weighted by molar-refractivity contribution is 0.873. The van der Waals surface area contributed by atoms with Crippen molar-refractivity contribution >= 4 is 33.9 Å². The maximum atomic E-state index is 12.8. The minimum atomic E-state index is -0.0974. The molecule has 6 nitrogen and oxygen atoms in total. The molecule has 0 amide bonds. The maximum absolute atomic E-state index is 12.8. The molecule has 4 rings (SSSR count). The summed E-state index contributed by atoms with van der Waals surface area (Å²) in [6.07, 6.45) is 3.51. The quantitative estimate of drug-likeness (QED) is 0.555. The van der Waals surface area contributed by atoms with Crippen LogP contribution in [0.4, 0.5) is 23.1 Å². The highest BCUT2D eigenvalue weighted by Crippen LogP contribution is 2.26. The van der Waals surface area contributed by atoms with E-state index in [9.17, 15) is 4.79 Å². The first-order valence-corrected chi connectivity index (χ1v) is 9.03. The monoisotopic (exact) mass is 371 g/mol. The molecule has 140 valence electrons. The number of aromatic nitrogens is 3. The molecule has 0 aliphatic heterocycles. The van der Waals surface area contributed by atoms with Gasteiger partial charge in [-0.25, -0.2) is 9.97 Å². The number of benzene rings is 1. The van der Waals surface area contributed by atoms with Crippen LogP contribution >= 0.6 is 0 Å². The van der Waals surface area contributed by atoms with Crippen molar-refractivity contribution < 1.29 is 0 Å². The highest BCUT2D eigenvalue weighted by molar-refractivity contribution is 5.94. The number of hydrogen-bond donors (Lipinski definition) is 2. The van der Waals surface area contributed by atoms with Crippen molar-refractivity contribution in [2.45, 2.75) is 13.8 Å². The lowest BCUT2D eigenvalue weighted by Gasteiger charge is -2.13. The minimum absolute atomic E-state index is 0.0974. The van der Waals surface area contributed by atoms with Crippen LogP contribution in [0.15, 0.2) is 65.7 Å². The number of aryl methyl sites for hydroxylation is 3. The third kappa shape index (κ3) is 3.57. The number of nitrogens with one attached hydrogen (secondary N) is 2. The van der Waals surface area contributed by atoms with Crippen LogP contribution in [0.2, 0.25) is 0 Å². The molecule has 0 fully saturated rings. The molecule has 0 unspecified atom stereocenters. The molecule has 3 heterocycles. The van der Waals surface area contributed by atoms with Crippen molar-refractivity contribution in [3.05, 3.63) is 82.4 Å². The first-order valence-electron chi connectivity index (χ1n) is 9.03. The van der Waals surface area contributed by atoms with E-state index in [0.29, 0.717) is 22.8 Å². The van der Waals surface area contributed by atoms with Crippen LogP contribution in [0.3, 0.4) is 0 Å². The van der Waals surface area contributed by atoms with Gasteiger partial charge in [-0.05, 0) is 61.2 Å². The van der Waals surface area contributed by atoms with Crippen molar-refractivity contribution in [3.63, 3.8) is 0 Å². The lowest BCUT2D eigenvalue weighted by atomic mass is 10.2. The SMILES string of the molecule is Cc1ccc(Nc2nc(Nc3cc(C)ccn3)cc3ccn(C)c(=O)c23)cc1. The summed E-state index contributed by atoms with van der Waals surface area (Å²) in [7, 11) is 1.74. The predicted octanol–water partition coefficient (Wildman–Crippen LogP) is 4.43. The summed E-state index contributed by atoms with van der Waals surface area (Å²) in [5, 5.41) is 7.89. The second-order valence-electron chi connectivity index (χ2n) is 6.89. The van der Waals surface area contributed by atoms with Crippen LogP contribution in [0.25, 0.3) is 10.8 Å². The zero-order valence-electron chi connectivity index (χ0n) is 16.0. The summed E-state index contributed by atoms with van der Waals surface area (Å²) in [6.45, 7) is 4.04. The molecule has 3 aromatic heterocycles. The summed E-state index contributed by atoms with van der Waals surface area (Å²) in [6, 6.07) is 15.6. The van der Waals surface area contributed by atoms with Gasteiger partial charge in [-0.3, -0.25) is 4.79 Å². The molecule has 0 radical (unpaired) electrons. The number of anilines is 4. The van der Waals surface area contributed by atoms with E-state index in [2.05, 4.69) is 20.6 Å². The number of rotatable bonds is 4. The van der Waals surface area contributed by atoms with Crippen molar-refractivity contribution in [2.24, 2.45) is 7.05 Å². The van der Waals surface area contributed by atoms with E-state index in [1.165, 1.54) is 5.56 Å². The van der Waals surface area contributed by atoms with E-state index in [4.69, 9.17) is 0 Å². The smallest absolute Gasteiger partial charge is 0.261 e. The molecule has 6 heteroatoms. The van der Waals surface area contributed by atoms with Gasteiger partial charge in [0.1, 0.15) is 17.5 Å². The molecule has 0 atom stereocenters. The third-order valence-corrected chi connectivity index (χ3v) is 4.55. The van der Waals surface area contributed by atoms with Crippen LogP contribution in [0.1, 0.15) is 11.1 Å². The van der Waals surface area contributed by atoms with Gasteiger partial charge in [-0.2, -0.15) is 0 Å². The van der Waals surface area contributed by atoms with Gasteiger partial charge in [0.2, 0.25) is 0 Å². The van der Waals surface area contributed by atoms with Crippen LogP contribution in [0, 0.1) is 13.8 Å². The van der Waals surface area contributed by atoms with Crippen molar-refractivity contribution in [3.8, 4) is 0 Å². The Labute approximate surface area is 162 Å². The number of fused-ring (bicyclic) bond motifs is 1. The fourth-order valence-corrected chi connectivity index (χ4v) is 3.02. The van der Waals surface area contributed by atoms with Gasteiger partial charge < -0.3 is 15.2 Å². The van der Waals surface area contributed by atoms with Gasteiger partial charge in [0.15, 0.2) is 0 Å². The van der Waals surface area contributed by atoms with E-state index in [1.54, 1.807) is 24.0 Å². The molecule has 0 saturated carbocycles. The van der Waals surface area contributed by atoms with E-state index in [1.807, 2.05) is 62.4 Å². The van der Waals surface area contributed by atoms with Crippen LogP contribution in [-0.2, 0) is 7.05 Å². The highest BCUT2D eigenvalue weighted by atomic mass is 16.1. The van der Waals surface area contributed by atoms with Crippen molar-refractivity contribution in [1.29, 1.82) is 0 Å². The summed E-state index contributed by atoms with van der Waals surface area (Å²) >= 11 is 0. The van der Waals surface area contributed by atoms with E-state index >= 15 is 0 Å². The Kier molecular flexibility index (Phi) is 4.53. The number of nitrogens with zero attached hydrogens (tertiary/aromatic N) is 3. The van der Waals surface area contributed by atoms with E-state index in [0.717, 1.165) is 16.6 Å². The third-order valence-electron chi connectivity index (χ3n) is 4.55. The van der Waals surface area contributed by atoms with Crippen LogP contribution in [0.5, 0.6) is 0 Å². The van der Waals surface area contributed by atoms with Gasteiger partial charge in [-0.15, -0.1) is 0 Å². The van der Waals surface area contributed by atoms with Gasteiger partial charge >= 0.3 is 0 Å². The number of pyridine rings is 3. The van der Waals surface area contributed by atoms with Crippen molar-refractivity contribution in [1.82, 2.24) is 14.5 Å². The second kappa shape index (κ2) is 7.15. The molecule has 0 saturated heterocycles. The Morgan fingerprint density at radius 3 is 2.43 bits per heavy atom. The molecular formula is C22H21N5O. The van der Waals surface area contributed by atoms with Gasteiger partial charge in [0.05, 0.1) is 5.39 Å². The average molecular weight is 371 g/mol. The molecule has 0 spiro atoms. The lowest BCUT2D eigenvalue weighted by Crippen LogP contribution is -2.17. The minimum Gasteiger partial charge on any atom is -0.339 e. The summed E-state index contributed by atoms with van der Waals surface area (Å²) in [5.74, 6) is 1.84. The second-order valence-corrected chi connectivity index (χ2v) is 6.89. The maximum Gasteiger partial charge on any atom is 0.261 e. The number of hydrogen-bond acceptors (Lipinski definition) is 5. The molecule has 1 aromatic carbocycles. The Bertz CT molecular complexity index is 1210. The summed E-state index contributed by atoms with van der Waals surface area (Å²) in [4.78, 5) is 21.8. The fourth-order valence-electron chi connectivity index (χ4n) is 3.02. The first-order chi connectivity index (χ1) is 13.5. The Morgan fingerprint density at radius 2 is 1.68 bits per heavy atom. The molecule has 0 aliphatic carbocycles. The van der Waals surface area contributed by atoms with Crippen LogP contribution in [-0.4, -0.2) is 14.5 Å². The van der Waals surface area contributed by atoms with Gasteiger partial charge in [0.25, 0.3) is 5.56 Å². The molecule has 4 aromatic rings. The molecule has 28 heavy (non-hydrogen) atoms. The summed E-state index contributed by atoms with van der Waals surface area (Å²) in [5.41, 5.74) is 3.04. The van der Waals surface area contributed by atoms with Crippen LogP contribution < -0.4 is 16.2 Å². The van der Waals surface area contributed by atoms with Gasteiger partial charge in [0, 0.05) is 25.1 Å². The first kappa shape index (κ1) is 17.7. The predicted molar refractivity (Wildman–Crippen MR) is 114 cm³/mol. The Hall–Kier alpha value is -3.67. The zero-order chi connectivity index (χ0) is 19.7. The average Bonchev–Trinajstić information content (AvgIpc) is 2.66. The van der Waals surface area contributed by atoms with Gasteiger partial charge in [-0.1, -0.05) is 17.7 Å². The summed E-state index contributed by atoms with van der Waals surface area (Å²) < 4.78 is 1.56.